The van der Waals surface area contributed by atoms with E-state index in [9.17, 15) is 0 Å². The van der Waals surface area contributed by atoms with Gasteiger partial charge in [0.05, 0.1) is 7.11 Å². The van der Waals surface area contributed by atoms with E-state index in [1.165, 1.54) is 12.8 Å². The minimum absolute atomic E-state index is 0.402. The second-order valence-corrected chi connectivity index (χ2v) is 4.58. The van der Waals surface area contributed by atoms with Crippen LogP contribution < -0.4 is 15.8 Å². The SMILES string of the molecule is COc1ccnc(NCC2CCC(N)CC2)n1. The first kappa shape index (κ1) is 12.1. The van der Waals surface area contributed by atoms with Crippen molar-refractivity contribution in [2.24, 2.45) is 11.7 Å². The van der Waals surface area contributed by atoms with Crippen molar-refractivity contribution >= 4 is 5.95 Å². The number of anilines is 1. The molecule has 0 radical (unpaired) electrons. The highest BCUT2D eigenvalue weighted by atomic mass is 16.5. The van der Waals surface area contributed by atoms with Crippen LogP contribution in [-0.4, -0.2) is 29.7 Å². The number of ether oxygens (including phenoxy) is 1. The summed E-state index contributed by atoms with van der Waals surface area (Å²) in [5, 5.41) is 3.26. The Balaban J connectivity index is 1.81. The summed E-state index contributed by atoms with van der Waals surface area (Å²) in [4.78, 5) is 8.38. The van der Waals surface area contributed by atoms with Crippen LogP contribution in [0.15, 0.2) is 12.3 Å². The van der Waals surface area contributed by atoms with Crippen LogP contribution >= 0.6 is 0 Å². The van der Waals surface area contributed by atoms with Crippen LogP contribution in [0.4, 0.5) is 5.95 Å². The second kappa shape index (κ2) is 5.82. The highest BCUT2D eigenvalue weighted by Crippen LogP contribution is 2.23. The van der Waals surface area contributed by atoms with E-state index in [2.05, 4.69) is 15.3 Å². The minimum Gasteiger partial charge on any atom is -0.481 e. The minimum atomic E-state index is 0.402. The Kier molecular flexibility index (Phi) is 4.14. The summed E-state index contributed by atoms with van der Waals surface area (Å²) in [6, 6.07) is 2.14. The first-order chi connectivity index (χ1) is 8.28. The Morgan fingerprint density at radius 2 is 2.18 bits per heavy atom. The van der Waals surface area contributed by atoms with Crippen molar-refractivity contribution in [3.05, 3.63) is 12.3 Å². The van der Waals surface area contributed by atoms with E-state index in [1.807, 2.05) is 0 Å². The summed E-state index contributed by atoms with van der Waals surface area (Å²) in [5.41, 5.74) is 5.88. The van der Waals surface area contributed by atoms with E-state index >= 15 is 0 Å². The van der Waals surface area contributed by atoms with Crippen LogP contribution in [0.2, 0.25) is 0 Å². The molecule has 0 atom stereocenters. The molecule has 5 heteroatoms. The molecule has 94 valence electrons. The first-order valence-corrected chi connectivity index (χ1v) is 6.14. The van der Waals surface area contributed by atoms with E-state index in [4.69, 9.17) is 10.5 Å². The number of hydrogen-bond donors (Lipinski definition) is 2. The quantitative estimate of drug-likeness (QED) is 0.827. The molecule has 0 amide bonds. The van der Waals surface area contributed by atoms with Crippen LogP contribution in [0.3, 0.4) is 0 Å². The van der Waals surface area contributed by atoms with Gasteiger partial charge in [-0.15, -0.1) is 0 Å². The van der Waals surface area contributed by atoms with E-state index in [0.29, 0.717) is 23.8 Å². The van der Waals surface area contributed by atoms with Crippen LogP contribution in [0.25, 0.3) is 0 Å². The van der Waals surface area contributed by atoms with Crippen LogP contribution in [-0.2, 0) is 0 Å². The van der Waals surface area contributed by atoms with Gasteiger partial charge in [0.15, 0.2) is 0 Å². The van der Waals surface area contributed by atoms with Gasteiger partial charge in [0.2, 0.25) is 11.8 Å². The number of methoxy groups -OCH3 is 1. The molecule has 1 aromatic rings. The van der Waals surface area contributed by atoms with Crippen LogP contribution in [0, 0.1) is 5.92 Å². The van der Waals surface area contributed by atoms with Gasteiger partial charge in [0, 0.05) is 24.8 Å². The molecule has 1 fully saturated rings. The molecular weight excluding hydrogens is 216 g/mol. The highest BCUT2D eigenvalue weighted by Gasteiger charge is 2.18. The molecule has 0 aliphatic heterocycles. The van der Waals surface area contributed by atoms with E-state index in [1.54, 1.807) is 19.4 Å². The van der Waals surface area contributed by atoms with Crippen LogP contribution in [0.5, 0.6) is 5.88 Å². The van der Waals surface area contributed by atoms with Gasteiger partial charge in [-0.3, -0.25) is 0 Å². The maximum atomic E-state index is 5.88. The molecule has 1 aromatic heterocycles. The lowest BCUT2D eigenvalue weighted by atomic mass is 9.86. The molecule has 2 rings (SSSR count). The molecule has 3 N–H and O–H groups in total. The number of nitrogens with zero attached hydrogens (tertiary/aromatic N) is 2. The summed E-state index contributed by atoms with van der Waals surface area (Å²) < 4.78 is 5.05. The Morgan fingerprint density at radius 3 is 2.88 bits per heavy atom. The third-order valence-electron chi connectivity index (χ3n) is 3.28. The maximum Gasteiger partial charge on any atom is 0.225 e. The second-order valence-electron chi connectivity index (χ2n) is 4.58. The molecule has 1 saturated carbocycles. The zero-order chi connectivity index (χ0) is 12.1. The fraction of sp³-hybridized carbons (Fsp3) is 0.667. The number of aromatic nitrogens is 2. The number of nitrogens with two attached hydrogens (primary N) is 1. The van der Waals surface area contributed by atoms with Gasteiger partial charge in [0.1, 0.15) is 0 Å². The maximum absolute atomic E-state index is 5.88. The fourth-order valence-electron chi connectivity index (χ4n) is 2.17. The van der Waals surface area contributed by atoms with Gasteiger partial charge in [-0.05, 0) is 31.6 Å². The smallest absolute Gasteiger partial charge is 0.225 e. The monoisotopic (exact) mass is 236 g/mol. The van der Waals surface area contributed by atoms with Gasteiger partial charge in [-0.1, -0.05) is 0 Å². The molecule has 0 unspecified atom stereocenters. The third kappa shape index (κ3) is 3.56. The Bertz CT molecular complexity index is 350. The topological polar surface area (TPSA) is 73.1 Å². The van der Waals surface area contributed by atoms with E-state index in [-0.39, 0.29) is 0 Å². The van der Waals surface area contributed by atoms with E-state index in [0.717, 1.165) is 19.4 Å². The Hall–Kier alpha value is -1.36. The van der Waals surface area contributed by atoms with Gasteiger partial charge < -0.3 is 15.8 Å². The van der Waals surface area contributed by atoms with Crippen LogP contribution in [0.1, 0.15) is 25.7 Å². The third-order valence-corrected chi connectivity index (χ3v) is 3.28. The van der Waals surface area contributed by atoms with Crippen molar-refractivity contribution in [1.29, 1.82) is 0 Å². The molecule has 17 heavy (non-hydrogen) atoms. The normalized spacial score (nSPS) is 24.4. The molecule has 0 aromatic carbocycles. The number of nitrogens with one attached hydrogen (secondary N) is 1. The van der Waals surface area contributed by atoms with Crippen molar-refractivity contribution in [2.75, 3.05) is 19.0 Å². The summed E-state index contributed by atoms with van der Waals surface area (Å²) >= 11 is 0. The van der Waals surface area contributed by atoms with Gasteiger partial charge in [-0.25, -0.2) is 4.98 Å². The zero-order valence-electron chi connectivity index (χ0n) is 10.2. The largest absolute Gasteiger partial charge is 0.481 e. The molecule has 5 nitrogen and oxygen atoms in total. The first-order valence-electron chi connectivity index (χ1n) is 6.14. The molecule has 1 aliphatic carbocycles. The summed E-state index contributed by atoms with van der Waals surface area (Å²) in [6.45, 7) is 0.917. The lowest BCUT2D eigenvalue weighted by Gasteiger charge is -2.26. The zero-order valence-corrected chi connectivity index (χ0v) is 10.2. The van der Waals surface area contributed by atoms with Crippen molar-refractivity contribution in [2.45, 2.75) is 31.7 Å². The molecule has 0 bridgehead atoms. The van der Waals surface area contributed by atoms with Crippen molar-refractivity contribution < 1.29 is 4.74 Å². The van der Waals surface area contributed by atoms with Crippen molar-refractivity contribution in [3.63, 3.8) is 0 Å². The lowest BCUT2D eigenvalue weighted by Crippen LogP contribution is -2.29. The standard InChI is InChI=1S/C12H20N4O/c1-17-11-6-7-14-12(16-11)15-8-9-2-4-10(13)5-3-9/h6-7,9-10H,2-5,8,13H2,1H3,(H,14,15,16). The number of hydrogen-bond acceptors (Lipinski definition) is 5. The molecule has 0 saturated heterocycles. The molecular formula is C12H20N4O. The summed E-state index contributed by atoms with van der Waals surface area (Å²) in [5.74, 6) is 1.91. The fourth-order valence-corrected chi connectivity index (χ4v) is 2.17. The Labute approximate surface area is 102 Å². The predicted molar refractivity (Wildman–Crippen MR) is 67.0 cm³/mol. The predicted octanol–water partition coefficient (Wildman–Crippen LogP) is 1.41. The summed E-state index contributed by atoms with van der Waals surface area (Å²) in [6.07, 6.45) is 6.35. The molecule has 0 spiro atoms. The van der Waals surface area contributed by atoms with Gasteiger partial charge >= 0.3 is 0 Å². The van der Waals surface area contributed by atoms with Gasteiger partial charge in [-0.2, -0.15) is 4.98 Å². The average molecular weight is 236 g/mol. The number of rotatable bonds is 4. The Morgan fingerprint density at radius 1 is 1.41 bits per heavy atom. The molecule has 1 aliphatic rings. The van der Waals surface area contributed by atoms with Crippen molar-refractivity contribution in [3.8, 4) is 5.88 Å². The lowest BCUT2D eigenvalue weighted by molar-refractivity contribution is 0.338. The molecule has 1 heterocycles. The highest BCUT2D eigenvalue weighted by molar-refractivity contribution is 5.27. The van der Waals surface area contributed by atoms with Crippen molar-refractivity contribution in [1.82, 2.24) is 9.97 Å². The summed E-state index contributed by atoms with van der Waals surface area (Å²) in [7, 11) is 1.61. The van der Waals surface area contributed by atoms with Gasteiger partial charge in [0.25, 0.3) is 0 Å². The van der Waals surface area contributed by atoms with E-state index < -0.39 is 0 Å². The average Bonchev–Trinajstić information content (AvgIpc) is 2.38.